The lowest BCUT2D eigenvalue weighted by Crippen LogP contribution is -2.47. The van der Waals surface area contributed by atoms with E-state index in [1.807, 2.05) is 12.1 Å². The average molecular weight is 590 g/mol. The maximum Gasteiger partial charge on any atom is 0.232 e. The maximum absolute atomic E-state index is 6.18. The molecule has 1 saturated carbocycles. The van der Waals surface area contributed by atoms with E-state index < -0.39 is 0 Å². The minimum atomic E-state index is 0.0659. The van der Waals surface area contributed by atoms with Gasteiger partial charge in [0.05, 0.1) is 0 Å². The van der Waals surface area contributed by atoms with Crippen LogP contribution in [0.4, 0.5) is 23.3 Å². The molecule has 41 heavy (non-hydrogen) atoms. The van der Waals surface area contributed by atoms with E-state index in [2.05, 4.69) is 73.9 Å². The predicted octanol–water partition coefficient (Wildman–Crippen LogP) is 6.25. The van der Waals surface area contributed by atoms with Gasteiger partial charge in [0.15, 0.2) is 5.11 Å². The molecule has 2 N–H and O–H groups in total. The van der Waals surface area contributed by atoms with Crippen molar-refractivity contribution in [2.45, 2.75) is 50.4 Å². The number of aromatic nitrogens is 2. The van der Waals surface area contributed by atoms with Crippen LogP contribution >= 0.6 is 23.8 Å². The molecule has 0 spiro atoms. The maximum atomic E-state index is 6.18. The third-order valence-electron chi connectivity index (χ3n) is 8.93. The number of rotatable bonds is 7. The Morgan fingerprint density at radius 1 is 0.756 bits per heavy atom. The van der Waals surface area contributed by atoms with Crippen LogP contribution in [0.3, 0.4) is 0 Å². The van der Waals surface area contributed by atoms with Crippen molar-refractivity contribution >= 4 is 52.2 Å². The van der Waals surface area contributed by atoms with E-state index in [0.717, 1.165) is 75.3 Å². The molecule has 2 aromatic carbocycles. The van der Waals surface area contributed by atoms with Gasteiger partial charge in [-0.2, -0.15) is 9.97 Å². The molecule has 6 rings (SSSR count). The zero-order valence-electron chi connectivity index (χ0n) is 23.7. The van der Waals surface area contributed by atoms with Crippen molar-refractivity contribution in [3.8, 4) is 0 Å². The first-order chi connectivity index (χ1) is 20.1. The van der Waals surface area contributed by atoms with Crippen molar-refractivity contribution < 1.29 is 0 Å². The molecule has 1 aliphatic carbocycles. The summed E-state index contributed by atoms with van der Waals surface area (Å²) < 4.78 is 0. The van der Waals surface area contributed by atoms with Crippen LogP contribution in [0.1, 0.15) is 50.5 Å². The number of hydrogen-bond acceptors (Lipinski definition) is 6. The van der Waals surface area contributed by atoms with Gasteiger partial charge in [-0.15, -0.1) is 0 Å². The van der Waals surface area contributed by atoms with Gasteiger partial charge in [0, 0.05) is 68.0 Å². The van der Waals surface area contributed by atoms with E-state index in [1.165, 1.54) is 43.4 Å². The molecule has 0 atom stereocenters. The van der Waals surface area contributed by atoms with E-state index in [4.69, 9.17) is 33.8 Å². The zero-order valence-corrected chi connectivity index (χ0v) is 25.3. The van der Waals surface area contributed by atoms with Gasteiger partial charge in [0.1, 0.15) is 11.6 Å². The molecule has 9 heteroatoms. The summed E-state index contributed by atoms with van der Waals surface area (Å²) in [5.74, 6) is 2.52. The van der Waals surface area contributed by atoms with E-state index in [0.29, 0.717) is 11.1 Å². The van der Waals surface area contributed by atoms with E-state index in [9.17, 15) is 0 Å². The molecule has 0 bridgehead atoms. The van der Waals surface area contributed by atoms with Gasteiger partial charge < -0.3 is 25.3 Å². The number of halogens is 1. The number of para-hydroxylation sites is 1. The largest absolute Gasteiger partial charge is 0.368 e. The van der Waals surface area contributed by atoms with Gasteiger partial charge in [-0.3, -0.25) is 0 Å². The fourth-order valence-electron chi connectivity index (χ4n) is 6.58. The van der Waals surface area contributed by atoms with Gasteiger partial charge in [-0.05, 0) is 74.2 Å². The molecule has 0 radical (unpaired) electrons. The van der Waals surface area contributed by atoms with Crippen LogP contribution in [-0.4, -0.2) is 60.9 Å². The monoisotopic (exact) mass is 589 g/mol. The summed E-state index contributed by atoms with van der Waals surface area (Å²) in [5.41, 5.74) is 2.67. The molecule has 7 nitrogen and oxygen atoms in total. The third kappa shape index (κ3) is 6.70. The Kier molecular flexibility index (Phi) is 8.77. The predicted molar refractivity (Wildman–Crippen MR) is 175 cm³/mol. The van der Waals surface area contributed by atoms with Gasteiger partial charge in [0.25, 0.3) is 0 Å². The molecule has 3 heterocycles. The van der Waals surface area contributed by atoms with Crippen LogP contribution in [0.25, 0.3) is 0 Å². The van der Waals surface area contributed by atoms with Crippen LogP contribution in [-0.2, 0) is 5.41 Å². The first-order valence-corrected chi connectivity index (χ1v) is 15.9. The molecule has 3 aliphatic rings. The van der Waals surface area contributed by atoms with Crippen molar-refractivity contribution in [2.24, 2.45) is 0 Å². The summed E-state index contributed by atoms with van der Waals surface area (Å²) in [7, 11) is 0. The Morgan fingerprint density at radius 3 is 2.02 bits per heavy atom. The number of piperazine rings is 1. The first kappa shape index (κ1) is 28.0. The third-order valence-corrected chi connectivity index (χ3v) is 9.43. The smallest absolute Gasteiger partial charge is 0.232 e. The highest BCUT2D eigenvalue weighted by Gasteiger charge is 2.35. The minimum Gasteiger partial charge on any atom is -0.368 e. The lowest BCUT2D eigenvalue weighted by molar-refractivity contribution is 0.435. The Balaban J connectivity index is 1.16. The summed E-state index contributed by atoms with van der Waals surface area (Å²) in [6.07, 6.45) is 8.42. The average Bonchev–Trinajstić information content (AvgIpc) is 3.51. The van der Waals surface area contributed by atoms with Crippen LogP contribution in [0.15, 0.2) is 60.7 Å². The highest BCUT2D eigenvalue weighted by atomic mass is 35.5. The fraction of sp³-hybridized carbons (Fsp3) is 0.469. The number of piperidine rings is 1. The normalized spacial score (nSPS) is 18.8. The summed E-state index contributed by atoms with van der Waals surface area (Å²) in [5, 5.41) is 8.22. The lowest BCUT2D eigenvalue weighted by atomic mass is 9.79. The molecule has 216 valence electrons. The second-order valence-electron chi connectivity index (χ2n) is 11.6. The Bertz CT molecular complexity index is 1300. The van der Waals surface area contributed by atoms with Crippen molar-refractivity contribution in [3.05, 3.63) is 71.2 Å². The number of thiocarbonyl (C=S) groups is 1. The van der Waals surface area contributed by atoms with Crippen LogP contribution in [0, 0.1) is 0 Å². The Labute approximate surface area is 254 Å². The quantitative estimate of drug-likeness (QED) is 0.314. The van der Waals surface area contributed by atoms with Gasteiger partial charge in [-0.25, -0.2) is 0 Å². The van der Waals surface area contributed by atoms with Crippen molar-refractivity contribution in [1.29, 1.82) is 0 Å². The molecular formula is C32H40ClN7S. The molecule has 3 fully saturated rings. The van der Waals surface area contributed by atoms with Crippen LogP contribution in [0.2, 0.25) is 5.02 Å². The Morgan fingerprint density at radius 2 is 1.37 bits per heavy atom. The summed E-state index contributed by atoms with van der Waals surface area (Å²) in [4.78, 5) is 17.1. The second-order valence-corrected chi connectivity index (χ2v) is 12.4. The van der Waals surface area contributed by atoms with E-state index >= 15 is 0 Å². The topological polar surface area (TPSA) is 59.6 Å². The summed E-state index contributed by atoms with van der Waals surface area (Å²) in [6.45, 7) is 6.59. The zero-order chi connectivity index (χ0) is 28.1. The van der Waals surface area contributed by atoms with Crippen molar-refractivity contribution in [3.63, 3.8) is 0 Å². The molecule has 0 unspecified atom stereocenters. The van der Waals surface area contributed by atoms with Crippen LogP contribution < -0.4 is 25.3 Å². The molecule has 2 aliphatic heterocycles. The number of nitrogens with zero attached hydrogens (tertiary/aromatic N) is 5. The summed E-state index contributed by atoms with van der Waals surface area (Å²) >= 11 is 12.0. The van der Waals surface area contributed by atoms with Gasteiger partial charge in [0.2, 0.25) is 5.95 Å². The number of nitrogens with one attached hydrogen (secondary N) is 2. The number of benzene rings is 2. The second kappa shape index (κ2) is 12.8. The number of anilines is 4. The van der Waals surface area contributed by atoms with Crippen LogP contribution in [0.5, 0.6) is 0 Å². The number of hydrogen-bond donors (Lipinski definition) is 2. The van der Waals surface area contributed by atoms with E-state index in [-0.39, 0.29) is 5.41 Å². The minimum absolute atomic E-state index is 0.0659. The molecule has 0 amide bonds. The molecule has 3 aromatic rings. The van der Waals surface area contributed by atoms with Gasteiger partial charge >= 0.3 is 0 Å². The fourth-order valence-corrected chi connectivity index (χ4v) is 6.86. The van der Waals surface area contributed by atoms with Crippen molar-refractivity contribution in [1.82, 2.24) is 15.3 Å². The highest BCUT2D eigenvalue weighted by molar-refractivity contribution is 7.80. The van der Waals surface area contributed by atoms with Gasteiger partial charge in [-0.1, -0.05) is 54.8 Å². The Hall–Kier alpha value is -3.10. The highest BCUT2D eigenvalue weighted by Crippen LogP contribution is 2.41. The standard InChI is InChI=1S/C32H40ClN7S/c33-26-13-11-25(12-14-26)32(15-5-6-16-32)24-34-31(41)37-30-35-28(39-17-7-2-8-18-39)23-29(36-30)40-21-19-38(20-22-40)27-9-3-1-4-10-27/h1,3-4,9-14,23H,2,5-8,15-22,24H2,(H2,34,35,36,37,41). The first-order valence-electron chi connectivity index (χ1n) is 15.1. The van der Waals surface area contributed by atoms with E-state index in [1.54, 1.807) is 0 Å². The molecular weight excluding hydrogens is 550 g/mol. The molecule has 1 aromatic heterocycles. The SMILES string of the molecule is S=C(NCC1(c2ccc(Cl)cc2)CCCC1)Nc1nc(N2CCCCC2)cc(N2CCN(c3ccccc3)CC2)n1. The van der Waals surface area contributed by atoms with Crippen molar-refractivity contribution in [2.75, 3.05) is 65.8 Å². The summed E-state index contributed by atoms with van der Waals surface area (Å²) in [6, 6.07) is 21.2. The lowest BCUT2D eigenvalue weighted by Gasteiger charge is -2.37. The molecule has 2 saturated heterocycles.